The van der Waals surface area contributed by atoms with Gasteiger partial charge in [0.2, 0.25) is 5.91 Å². The van der Waals surface area contributed by atoms with E-state index in [0.29, 0.717) is 6.42 Å². The molecule has 1 amide bonds. The predicted molar refractivity (Wildman–Crippen MR) is 32.0 cm³/mol. The Labute approximate surface area is 53.6 Å². The van der Waals surface area contributed by atoms with Crippen LogP contribution in [-0.4, -0.2) is 11.9 Å². The Morgan fingerprint density at radius 3 is 2.89 bits per heavy atom. The fourth-order valence-corrected chi connectivity index (χ4v) is 0.333. The summed E-state index contributed by atoms with van der Waals surface area (Å²) in [6.07, 6.45) is 2.05. The minimum absolute atomic E-state index is 0.417. The zero-order chi connectivity index (χ0) is 7.28. The van der Waals surface area contributed by atoms with Crippen molar-refractivity contribution in [2.24, 2.45) is 5.73 Å². The Morgan fingerprint density at radius 2 is 2.56 bits per heavy atom. The highest BCUT2D eigenvalue weighted by Crippen LogP contribution is 1.83. The van der Waals surface area contributed by atoms with Crippen LogP contribution in [-0.2, 0) is 4.79 Å². The van der Waals surface area contributed by atoms with Gasteiger partial charge in [-0.05, 0) is 6.42 Å². The van der Waals surface area contributed by atoms with Crippen LogP contribution in [0.15, 0.2) is 0 Å². The standard InChI is InChI=1S/C5H9N3O/c1-2-4(7)5(9)8-3-6/h4H,2,7H2,1H3,(H,8,9)/t4-/m1/s1. The van der Waals surface area contributed by atoms with Gasteiger partial charge in [-0.3, -0.25) is 10.1 Å². The smallest absolute Gasteiger partial charge is 0.249 e. The van der Waals surface area contributed by atoms with E-state index in [9.17, 15) is 4.79 Å². The molecule has 50 valence electrons. The van der Waals surface area contributed by atoms with Gasteiger partial charge in [0.15, 0.2) is 6.19 Å². The highest BCUT2D eigenvalue weighted by atomic mass is 16.2. The molecule has 4 nitrogen and oxygen atoms in total. The fraction of sp³-hybridized carbons (Fsp3) is 0.600. The summed E-state index contributed by atoms with van der Waals surface area (Å²) in [6, 6.07) is -0.551. The Hall–Kier alpha value is -1.08. The van der Waals surface area contributed by atoms with E-state index in [4.69, 9.17) is 11.0 Å². The molecule has 0 aromatic heterocycles. The number of carbonyl (C=O) groups excluding carboxylic acids is 1. The Kier molecular flexibility index (Phi) is 3.40. The minimum atomic E-state index is -0.551. The van der Waals surface area contributed by atoms with Gasteiger partial charge in [-0.15, -0.1) is 0 Å². The van der Waals surface area contributed by atoms with Crippen molar-refractivity contribution in [3.63, 3.8) is 0 Å². The average molecular weight is 127 g/mol. The fourth-order valence-electron chi connectivity index (χ4n) is 0.333. The van der Waals surface area contributed by atoms with E-state index in [0.717, 1.165) is 0 Å². The van der Waals surface area contributed by atoms with Crippen molar-refractivity contribution in [3.05, 3.63) is 0 Å². The number of amides is 1. The molecule has 0 aromatic carbocycles. The molecule has 3 N–H and O–H groups in total. The van der Waals surface area contributed by atoms with Gasteiger partial charge in [-0.25, -0.2) is 0 Å². The number of hydrogen-bond acceptors (Lipinski definition) is 3. The first-order valence-corrected chi connectivity index (χ1v) is 2.67. The van der Waals surface area contributed by atoms with E-state index in [1.165, 1.54) is 6.19 Å². The predicted octanol–water partition coefficient (Wildman–Crippen LogP) is -0.679. The summed E-state index contributed by atoms with van der Waals surface area (Å²) < 4.78 is 0. The van der Waals surface area contributed by atoms with E-state index in [1.54, 1.807) is 6.92 Å². The molecule has 1 atom stereocenters. The molecular weight excluding hydrogens is 118 g/mol. The van der Waals surface area contributed by atoms with E-state index < -0.39 is 11.9 Å². The second-order valence-corrected chi connectivity index (χ2v) is 1.62. The third-order valence-electron chi connectivity index (χ3n) is 0.956. The summed E-state index contributed by atoms with van der Waals surface area (Å²) in [5.41, 5.74) is 5.24. The molecule has 0 aromatic rings. The summed E-state index contributed by atoms with van der Waals surface area (Å²) in [7, 11) is 0. The topological polar surface area (TPSA) is 78.9 Å². The van der Waals surface area contributed by atoms with Crippen molar-refractivity contribution < 1.29 is 4.79 Å². The summed E-state index contributed by atoms with van der Waals surface area (Å²) in [5.74, 6) is -0.417. The number of nitrogens with zero attached hydrogens (tertiary/aromatic N) is 1. The first kappa shape index (κ1) is 7.92. The van der Waals surface area contributed by atoms with Crippen molar-refractivity contribution in [1.29, 1.82) is 5.26 Å². The lowest BCUT2D eigenvalue weighted by molar-refractivity contribution is -0.121. The summed E-state index contributed by atoms with van der Waals surface area (Å²) >= 11 is 0. The maximum Gasteiger partial charge on any atom is 0.249 e. The van der Waals surface area contributed by atoms with Gasteiger partial charge in [-0.1, -0.05) is 6.92 Å². The van der Waals surface area contributed by atoms with E-state index in [2.05, 4.69) is 0 Å². The largest absolute Gasteiger partial charge is 0.320 e. The lowest BCUT2D eigenvalue weighted by atomic mass is 10.2. The zero-order valence-corrected chi connectivity index (χ0v) is 5.22. The molecule has 0 saturated carbocycles. The Morgan fingerprint density at radius 1 is 2.00 bits per heavy atom. The van der Waals surface area contributed by atoms with Gasteiger partial charge < -0.3 is 5.73 Å². The third-order valence-corrected chi connectivity index (χ3v) is 0.956. The number of hydrogen-bond donors (Lipinski definition) is 2. The lowest BCUT2D eigenvalue weighted by Gasteiger charge is -2.02. The van der Waals surface area contributed by atoms with Gasteiger partial charge in [-0.2, -0.15) is 5.26 Å². The maximum absolute atomic E-state index is 10.5. The van der Waals surface area contributed by atoms with Gasteiger partial charge in [0.05, 0.1) is 6.04 Å². The van der Waals surface area contributed by atoms with Crippen molar-refractivity contribution in [3.8, 4) is 6.19 Å². The van der Waals surface area contributed by atoms with Crippen LogP contribution < -0.4 is 11.1 Å². The molecule has 4 heteroatoms. The van der Waals surface area contributed by atoms with Crippen molar-refractivity contribution in [1.82, 2.24) is 5.32 Å². The highest BCUT2D eigenvalue weighted by Gasteiger charge is 2.08. The SMILES string of the molecule is CC[C@@H](N)C(=O)NC#N. The molecule has 0 fully saturated rings. The molecule has 0 aliphatic heterocycles. The van der Waals surface area contributed by atoms with Crippen molar-refractivity contribution >= 4 is 5.91 Å². The maximum atomic E-state index is 10.5. The van der Waals surface area contributed by atoms with Crippen LogP contribution in [0.3, 0.4) is 0 Å². The Bertz CT molecular complexity index is 138. The van der Waals surface area contributed by atoms with Crippen LogP contribution in [0.2, 0.25) is 0 Å². The molecule has 0 saturated heterocycles. The van der Waals surface area contributed by atoms with Gasteiger partial charge in [0.1, 0.15) is 0 Å². The minimum Gasteiger partial charge on any atom is -0.320 e. The monoisotopic (exact) mass is 127 g/mol. The van der Waals surface area contributed by atoms with Crippen LogP contribution in [0.4, 0.5) is 0 Å². The summed E-state index contributed by atoms with van der Waals surface area (Å²) in [5, 5.41) is 9.88. The molecule has 0 aliphatic rings. The quantitative estimate of drug-likeness (QED) is 0.381. The van der Waals surface area contributed by atoms with E-state index in [-0.39, 0.29) is 0 Å². The van der Waals surface area contributed by atoms with E-state index in [1.807, 2.05) is 5.32 Å². The molecule has 9 heavy (non-hydrogen) atoms. The third kappa shape index (κ3) is 2.67. The number of nitrogens with one attached hydrogen (secondary N) is 1. The molecule has 0 heterocycles. The molecule has 0 bridgehead atoms. The van der Waals surface area contributed by atoms with Crippen LogP contribution in [0, 0.1) is 11.5 Å². The van der Waals surface area contributed by atoms with Crippen LogP contribution in [0.5, 0.6) is 0 Å². The van der Waals surface area contributed by atoms with Gasteiger partial charge in [0.25, 0.3) is 0 Å². The molecular formula is C5H9N3O. The second-order valence-electron chi connectivity index (χ2n) is 1.62. The summed E-state index contributed by atoms with van der Waals surface area (Å²) in [4.78, 5) is 10.5. The van der Waals surface area contributed by atoms with Gasteiger partial charge >= 0.3 is 0 Å². The van der Waals surface area contributed by atoms with Crippen LogP contribution in [0.1, 0.15) is 13.3 Å². The van der Waals surface area contributed by atoms with Crippen LogP contribution >= 0.6 is 0 Å². The zero-order valence-electron chi connectivity index (χ0n) is 5.22. The number of nitrogens with two attached hydrogens (primary N) is 1. The van der Waals surface area contributed by atoms with Crippen molar-refractivity contribution in [2.45, 2.75) is 19.4 Å². The van der Waals surface area contributed by atoms with Crippen molar-refractivity contribution in [2.75, 3.05) is 0 Å². The van der Waals surface area contributed by atoms with E-state index >= 15 is 0 Å². The number of carbonyl (C=O) groups is 1. The normalized spacial score (nSPS) is 11.7. The van der Waals surface area contributed by atoms with Gasteiger partial charge in [0, 0.05) is 0 Å². The molecule has 0 spiro atoms. The number of nitriles is 1. The highest BCUT2D eigenvalue weighted by molar-refractivity contribution is 5.82. The summed E-state index contributed by atoms with van der Waals surface area (Å²) in [6.45, 7) is 1.78. The molecule has 0 unspecified atom stereocenters. The molecule has 0 rings (SSSR count). The average Bonchev–Trinajstić information content (AvgIpc) is 1.87. The second kappa shape index (κ2) is 3.87. The Balaban J connectivity index is 3.62. The lowest BCUT2D eigenvalue weighted by Crippen LogP contribution is -2.37. The van der Waals surface area contributed by atoms with Crippen LogP contribution in [0.25, 0.3) is 0 Å². The first-order valence-electron chi connectivity index (χ1n) is 2.67. The number of rotatable bonds is 2. The first-order chi connectivity index (χ1) is 4.22. The molecule has 0 radical (unpaired) electrons. The molecule has 0 aliphatic carbocycles.